The van der Waals surface area contributed by atoms with Crippen LogP contribution in [0, 0.1) is 0 Å². The summed E-state index contributed by atoms with van der Waals surface area (Å²) in [7, 11) is 0. The van der Waals surface area contributed by atoms with Gasteiger partial charge < -0.3 is 15.4 Å². The van der Waals surface area contributed by atoms with Gasteiger partial charge in [-0.1, -0.05) is 19.3 Å². The van der Waals surface area contributed by atoms with Crippen molar-refractivity contribution in [3.8, 4) is 5.75 Å². The molecule has 164 valence electrons. The summed E-state index contributed by atoms with van der Waals surface area (Å²) in [5.41, 5.74) is 1.74. The number of rotatable bonds is 6. The number of halogens is 1. The van der Waals surface area contributed by atoms with Gasteiger partial charge in [0.25, 0.3) is 11.8 Å². The predicted octanol–water partition coefficient (Wildman–Crippen LogP) is 5.04. The van der Waals surface area contributed by atoms with Crippen LogP contribution in [0.3, 0.4) is 0 Å². The molecule has 0 unspecified atom stereocenters. The first-order valence-corrected chi connectivity index (χ1v) is 11.6. The Balaban J connectivity index is 1.52. The topological polar surface area (TPSA) is 79.5 Å². The van der Waals surface area contributed by atoms with Crippen molar-refractivity contribution in [2.24, 2.45) is 0 Å². The van der Waals surface area contributed by atoms with Gasteiger partial charge in [-0.2, -0.15) is 0 Å². The lowest BCUT2D eigenvalue weighted by Gasteiger charge is -2.22. The standard InChI is InChI=1S/C23H26BrN3O3S/c1-2-30-20-13-10-16(14-19(20)24)22(29)27-23(31)26-18-11-8-15(9-12-18)21(28)25-17-6-4-3-5-7-17/h8-14,17H,2-7H2,1H3,(H,25,28)(H2,26,27,29,31). The van der Waals surface area contributed by atoms with Crippen molar-refractivity contribution in [2.75, 3.05) is 11.9 Å². The van der Waals surface area contributed by atoms with Gasteiger partial charge in [0.1, 0.15) is 5.75 Å². The van der Waals surface area contributed by atoms with Crippen molar-refractivity contribution >= 4 is 50.8 Å². The number of anilines is 1. The van der Waals surface area contributed by atoms with Crippen LogP contribution in [0.2, 0.25) is 0 Å². The second-order valence-electron chi connectivity index (χ2n) is 7.37. The minimum Gasteiger partial charge on any atom is -0.493 e. The fourth-order valence-corrected chi connectivity index (χ4v) is 4.18. The highest BCUT2D eigenvalue weighted by Crippen LogP contribution is 2.26. The maximum Gasteiger partial charge on any atom is 0.257 e. The maximum atomic E-state index is 12.4. The van der Waals surface area contributed by atoms with E-state index in [9.17, 15) is 9.59 Å². The van der Waals surface area contributed by atoms with Gasteiger partial charge in [-0.3, -0.25) is 14.9 Å². The summed E-state index contributed by atoms with van der Waals surface area (Å²) in [6.07, 6.45) is 5.68. The Morgan fingerprint density at radius 1 is 1.03 bits per heavy atom. The van der Waals surface area contributed by atoms with E-state index in [1.807, 2.05) is 6.92 Å². The predicted molar refractivity (Wildman–Crippen MR) is 130 cm³/mol. The second kappa shape index (κ2) is 11.2. The number of thiocarbonyl (C=S) groups is 1. The van der Waals surface area contributed by atoms with Gasteiger partial charge in [0.05, 0.1) is 11.1 Å². The van der Waals surface area contributed by atoms with Crippen LogP contribution in [-0.4, -0.2) is 29.6 Å². The zero-order valence-electron chi connectivity index (χ0n) is 17.4. The number of hydrogen-bond acceptors (Lipinski definition) is 4. The summed E-state index contributed by atoms with van der Waals surface area (Å²) in [5.74, 6) is 0.285. The summed E-state index contributed by atoms with van der Waals surface area (Å²) in [6.45, 7) is 2.44. The molecule has 0 saturated heterocycles. The van der Waals surface area contributed by atoms with Crippen molar-refractivity contribution in [1.29, 1.82) is 0 Å². The van der Waals surface area contributed by atoms with Crippen LogP contribution in [0.5, 0.6) is 5.75 Å². The summed E-state index contributed by atoms with van der Waals surface area (Å²) in [6, 6.07) is 12.4. The number of ether oxygens (including phenoxy) is 1. The Hall–Kier alpha value is -2.45. The first-order valence-electron chi connectivity index (χ1n) is 10.4. The van der Waals surface area contributed by atoms with Crippen LogP contribution in [0.1, 0.15) is 59.7 Å². The molecule has 2 amide bonds. The second-order valence-corrected chi connectivity index (χ2v) is 8.63. The van der Waals surface area contributed by atoms with E-state index < -0.39 is 0 Å². The molecule has 2 aromatic rings. The molecule has 0 radical (unpaired) electrons. The minimum absolute atomic E-state index is 0.0598. The van der Waals surface area contributed by atoms with Crippen LogP contribution >= 0.6 is 28.1 Å². The third-order valence-corrected chi connectivity index (χ3v) is 5.89. The fourth-order valence-electron chi connectivity index (χ4n) is 3.47. The monoisotopic (exact) mass is 503 g/mol. The van der Waals surface area contributed by atoms with E-state index in [0.717, 1.165) is 12.8 Å². The zero-order valence-corrected chi connectivity index (χ0v) is 19.8. The van der Waals surface area contributed by atoms with Crippen molar-refractivity contribution in [2.45, 2.75) is 45.1 Å². The van der Waals surface area contributed by atoms with Gasteiger partial charge in [-0.25, -0.2) is 0 Å². The Morgan fingerprint density at radius 2 is 1.71 bits per heavy atom. The number of carbonyl (C=O) groups is 2. The lowest BCUT2D eigenvalue weighted by Crippen LogP contribution is -2.36. The van der Waals surface area contributed by atoms with Crippen LogP contribution in [-0.2, 0) is 0 Å². The van der Waals surface area contributed by atoms with Gasteiger partial charge in [-0.15, -0.1) is 0 Å². The van der Waals surface area contributed by atoms with Crippen LogP contribution in [0.4, 0.5) is 5.69 Å². The van der Waals surface area contributed by atoms with E-state index in [4.69, 9.17) is 17.0 Å². The first-order chi connectivity index (χ1) is 15.0. The zero-order chi connectivity index (χ0) is 22.2. The summed E-state index contributed by atoms with van der Waals surface area (Å²) in [4.78, 5) is 24.9. The first kappa shape index (κ1) is 23.2. The normalized spacial score (nSPS) is 13.9. The van der Waals surface area contributed by atoms with Crippen molar-refractivity contribution in [3.05, 3.63) is 58.1 Å². The van der Waals surface area contributed by atoms with Crippen molar-refractivity contribution in [1.82, 2.24) is 10.6 Å². The average molecular weight is 504 g/mol. The maximum absolute atomic E-state index is 12.4. The Labute approximate surface area is 196 Å². The number of carbonyl (C=O) groups excluding carboxylic acids is 2. The van der Waals surface area contributed by atoms with Gasteiger partial charge >= 0.3 is 0 Å². The molecule has 0 bridgehead atoms. The molecule has 31 heavy (non-hydrogen) atoms. The molecule has 1 aliphatic carbocycles. The van der Waals surface area contributed by atoms with E-state index in [2.05, 4.69) is 31.9 Å². The van der Waals surface area contributed by atoms with Gasteiger partial charge in [0, 0.05) is 22.9 Å². The highest BCUT2D eigenvalue weighted by molar-refractivity contribution is 9.10. The molecule has 0 aromatic heterocycles. The molecule has 0 spiro atoms. The summed E-state index contributed by atoms with van der Waals surface area (Å²) in [5, 5.41) is 8.90. The molecule has 6 nitrogen and oxygen atoms in total. The quantitative estimate of drug-likeness (QED) is 0.481. The number of nitrogens with one attached hydrogen (secondary N) is 3. The molecule has 1 saturated carbocycles. The Bertz CT molecular complexity index is 944. The summed E-state index contributed by atoms with van der Waals surface area (Å²) >= 11 is 8.65. The SMILES string of the molecule is CCOc1ccc(C(=O)NC(=S)Nc2ccc(C(=O)NC3CCCCC3)cc2)cc1Br. The molecule has 8 heteroatoms. The van der Waals surface area contributed by atoms with E-state index in [1.54, 1.807) is 42.5 Å². The van der Waals surface area contributed by atoms with E-state index in [-0.39, 0.29) is 23.0 Å². The molecule has 2 aromatic carbocycles. The smallest absolute Gasteiger partial charge is 0.257 e. The molecule has 3 N–H and O–H groups in total. The molecule has 0 heterocycles. The highest BCUT2D eigenvalue weighted by Gasteiger charge is 2.16. The van der Waals surface area contributed by atoms with Crippen molar-refractivity contribution in [3.63, 3.8) is 0 Å². The number of benzene rings is 2. The molecule has 1 aliphatic rings. The summed E-state index contributed by atoms with van der Waals surface area (Å²) < 4.78 is 6.15. The average Bonchev–Trinajstić information content (AvgIpc) is 2.76. The third-order valence-electron chi connectivity index (χ3n) is 5.07. The minimum atomic E-state index is -0.329. The van der Waals surface area contributed by atoms with Gasteiger partial charge in [-0.05, 0) is 90.4 Å². The molecular formula is C23H26BrN3O3S. The van der Waals surface area contributed by atoms with Gasteiger partial charge in [0.15, 0.2) is 5.11 Å². The Kier molecular flexibility index (Phi) is 8.43. The number of amides is 2. The van der Waals surface area contributed by atoms with Crippen molar-refractivity contribution < 1.29 is 14.3 Å². The Morgan fingerprint density at radius 3 is 2.35 bits per heavy atom. The van der Waals surface area contributed by atoms with E-state index >= 15 is 0 Å². The molecule has 1 fully saturated rings. The van der Waals surface area contributed by atoms with Gasteiger partial charge in [0.2, 0.25) is 0 Å². The van der Waals surface area contributed by atoms with E-state index in [1.165, 1.54) is 19.3 Å². The lowest BCUT2D eigenvalue weighted by molar-refractivity contribution is 0.0926. The highest BCUT2D eigenvalue weighted by atomic mass is 79.9. The fraction of sp³-hybridized carbons (Fsp3) is 0.348. The van der Waals surface area contributed by atoms with E-state index in [0.29, 0.717) is 33.6 Å². The molecule has 0 aliphatic heterocycles. The van der Waals surface area contributed by atoms with Crippen LogP contribution in [0.15, 0.2) is 46.9 Å². The number of hydrogen-bond donors (Lipinski definition) is 3. The van der Waals surface area contributed by atoms with Crippen LogP contribution < -0.4 is 20.7 Å². The molecule has 0 atom stereocenters. The third kappa shape index (κ3) is 6.77. The lowest BCUT2D eigenvalue weighted by atomic mass is 9.95. The van der Waals surface area contributed by atoms with Crippen LogP contribution in [0.25, 0.3) is 0 Å². The molecular weight excluding hydrogens is 478 g/mol. The largest absolute Gasteiger partial charge is 0.493 e. The molecule has 3 rings (SSSR count).